The summed E-state index contributed by atoms with van der Waals surface area (Å²) in [6.07, 6.45) is -0.681. The molecule has 0 radical (unpaired) electrons. The molecule has 1 saturated heterocycles. The summed E-state index contributed by atoms with van der Waals surface area (Å²) >= 11 is 0. The monoisotopic (exact) mass is 363 g/mol. The topological polar surface area (TPSA) is 111 Å². The third kappa shape index (κ3) is 4.75. The Morgan fingerprint density at radius 1 is 1.15 bits per heavy atom. The number of amides is 1. The lowest BCUT2D eigenvalue weighted by molar-refractivity contribution is -0.222. The van der Waals surface area contributed by atoms with Crippen molar-refractivity contribution in [3.8, 4) is 0 Å². The van der Waals surface area contributed by atoms with Gasteiger partial charge in [0.1, 0.15) is 11.4 Å². The van der Waals surface area contributed by atoms with Crippen molar-refractivity contribution in [1.29, 1.82) is 0 Å². The van der Waals surface area contributed by atoms with Gasteiger partial charge in [0.15, 0.2) is 5.57 Å². The minimum absolute atomic E-state index is 0.127. The Morgan fingerprint density at radius 2 is 1.73 bits per heavy atom. The standard InChI is InChI=1S/C18H21NO7/c1-17(2,3)26-16(23)19-11-8-6-7-10(9-11)13(20)12-14(21)24-18(4,5)25-15(12)22/h6-9,20H,1-5H3,(H,19,23). The SMILES string of the molecule is CC(C)(C)OC(=O)Nc1cccc(C(O)=C2C(=O)OC(C)(C)OC2=O)c1. The number of hydrogen-bond donors (Lipinski definition) is 2. The number of ether oxygens (including phenoxy) is 3. The molecule has 0 aliphatic carbocycles. The second kappa shape index (κ2) is 6.70. The first-order valence-electron chi connectivity index (χ1n) is 7.88. The normalized spacial score (nSPS) is 16.4. The zero-order valence-corrected chi connectivity index (χ0v) is 15.2. The number of nitrogens with one attached hydrogen (secondary N) is 1. The van der Waals surface area contributed by atoms with Crippen molar-refractivity contribution < 1.29 is 33.7 Å². The van der Waals surface area contributed by atoms with Gasteiger partial charge in [-0.15, -0.1) is 0 Å². The van der Waals surface area contributed by atoms with Gasteiger partial charge in [-0.3, -0.25) is 5.32 Å². The molecule has 26 heavy (non-hydrogen) atoms. The molecule has 1 aromatic carbocycles. The van der Waals surface area contributed by atoms with Crippen molar-refractivity contribution in [2.75, 3.05) is 5.32 Å². The maximum absolute atomic E-state index is 12.0. The van der Waals surface area contributed by atoms with Gasteiger partial charge in [-0.25, -0.2) is 14.4 Å². The predicted octanol–water partition coefficient (Wildman–Crippen LogP) is 3.14. The number of aliphatic hydroxyl groups is 1. The zero-order chi connectivity index (χ0) is 19.7. The first-order chi connectivity index (χ1) is 11.9. The van der Waals surface area contributed by atoms with Gasteiger partial charge in [0.2, 0.25) is 0 Å². The summed E-state index contributed by atoms with van der Waals surface area (Å²) in [5.74, 6) is -4.00. The highest BCUT2D eigenvalue weighted by molar-refractivity contribution is 6.20. The van der Waals surface area contributed by atoms with E-state index in [1.807, 2.05) is 0 Å². The number of hydrogen-bond acceptors (Lipinski definition) is 7. The summed E-state index contributed by atoms with van der Waals surface area (Å²) in [5.41, 5.74) is -0.850. The van der Waals surface area contributed by atoms with Crippen molar-refractivity contribution in [2.45, 2.75) is 46.0 Å². The van der Waals surface area contributed by atoms with E-state index in [4.69, 9.17) is 14.2 Å². The highest BCUT2D eigenvalue weighted by Crippen LogP contribution is 2.28. The van der Waals surface area contributed by atoms with Crippen LogP contribution in [0.1, 0.15) is 40.2 Å². The van der Waals surface area contributed by atoms with E-state index >= 15 is 0 Å². The maximum atomic E-state index is 12.0. The summed E-state index contributed by atoms with van der Waals surface area (Å²) in [5, 5.41) is 12.8. The number of rotatable bonds is 2. The molecule has 1 heterocycles. The molecule has 8 heteroatoms. The van der Waals surface area contributed by atoms with Crippen molar-refractivity contribution >= 4 is 29.5 Å². The molecule has 1 amide bonds. The van der Waals surface area contributed by atoms with Crippen LogP contribution >= 0.6 is 0 Å². The zero-order valence-electron chi connectivity index (χ0n) is 15.2. The first kappa shape index (κ1) is 19.3. The van der Waals surface area contributed by atoms with Gasteiger partial charge in [0, 0.05) is 25.1 Å². The third-order valence-corrected chi connectivity index (χ3v) is 3.10. The quantitative estimate of drug-likeness (QED) is 0.359. The lowest BCUT2D eigenvalue weighted by atomic mass is 10.1. The van der Waals surface area contributed by atoms with Crippen LogP contribution in [0.25, 0.3) is 5.76 Å². The Labute approximate surface area is 150 Å². The van der Waals surface area contributed by atoms with E-state index in [-0.39, 0.29) is 5.56 Å². The number of carbonyl (C=O) groups is 3. The Kier molecular flexibility index (Phi) is 4.97. The van der Waals surface area contributed by atoms with E-state index < -0.39 is 40.8 Å². The average molecular weight is 363 g/mol. The smallest absolute Gasteiger partial charge is 0.412 e. The average Bonchev–Trinajstić information content (AvgIpc) is 2.42. The second-order valence-corrected chi connectivity index (χ2v) is 7.11. The van der Waals surface area contributed by atoms with Crippen molar-refractivity contribution in [3.63, 3.8) is 0 Å². The fourth-order valence-electron chi connectivity index (χ4n) is 2.16. The number of esters is 2. The maximum Gasteiger partial charge on any atom is 0.412 e. The molecule has 0 bridgehead atoms. The Bertz CT molecular complexity index is 765. The fraction of sp³-hybridized carbons (Fsp3) is 0.389. The van der Waals surface area contributed by atoms with Crippen LogP contribution in [0.2, 0.25) is 0 Å². The van der Waals surface area contributed by atoms with Crippen LogP contribution in [-0.4, -0.2) is 34.5 Å². The van der Waals surface area contributed by atoms with Crippen LogP contribution in [0.15, 0.2) is 29.8 Å². The van der Waals surface area contributed by atoms with E-state index in [0.29, 0.717) is 5.69 Å². The number of benzene rings is 1. The highest BCUT2D eigenvalue weighted by Gasteiger charge is 2.41. The van der Waals surface area contributed by atoms with E-state index in [2.05, 4.69) is 5.32 Å². The van der Waals surface area contributed by atoms with Crippen LogP contribution in [-0.2, 0) is 23.8 Å². The molecule has 140 valence electrons. The molecule has 1 aromatic rings. The lowest BCUT2D eigenvalue weighted by Crippen LogP contribution is -2.42. The van der Waals surface area contributed by atoms with Crippen LogP contribution in [0.3, 0.4) is 0 Å². The van der Waals surface area contributed by atoms with Crippen molar-refractivity contribution in [2.24, 2.45) is 0 Å². The number of aliphatic hydroxyl groups excluding tert-OH is 1. The van der Waals surface area contributed by atoms with Crippen LogP contribution < -0.4 is 5.32 Å². The van der Waals surface area contributed by atoms with Gasteiger partial charge in [-0.1, -0.05) is 12.1 Å². The molecule has 0 aromatic heterocycles. The second-order valence-electron chi connectivity index (χ2n) is 7.11. The number of carbonyl (C=O) groups excluding carboxylic acids is 3. The van der Waals surface area contributed by atoms with Gasteiger partial charge in [0.25, 0.3) is 5.79 Å². The molecule has 0 unspecified atom stereocenters. The van der Waals surface area contributed by atoms with Gasteiger partial charge in [-0.05, 0) is 32.9 Å². The van der Waals surface area contributed by atoms with Crippen LogP contribution in [0.5, 0.6) is 0 Å². The van der Waals surface area contributed by atoms with Gasteiger partial charge >= 0.3 is 18.0 Å². The van der Waals surface area contributed by atoms with E-state index in [1.165, 1.54) is 32.0 Å². The van der Waals surface area contributed by atoms with E-state index in [9.17, 15) is 19.5 Å². The fourth-order valence-corrected chi connectivity index (χ4v) is 2.16. The molecule has 2 N–H and O–H groups in total. The van der Waals surface area contributed by atoms with E-state index in [0.717, 1.165) is 0 Å². The third-order valence-electron chi connectivity index (χ3n) is 3.10. The summed E-state index contributed by atoms with van der Waals surface area (Å²) < 4.78 is 15.1. The van der Waals surface area contributed by atoms with Gasteiger partial charge < -0.3 is 19.3 Å². The van der Waals surface area contributed by atoms with Crippen molar-refractivity contribution in [3.05, 3.63) is 35.4 Å². The van der Waals surface area contributed by atoms with Gasteiger partial charge in [0.05, 0.1) is 0 Å². The molecule has 0 atom stereocenters. The number of cyclic esters (lactones) is 2. The molecule has 1 fully saturated rings. The van der Waals surface area contributed by atoms with E-state index in [1.54, 1.807) is 26.8 Å². The summed E-state index contributed by atoms with van der Waals surface area (Å²) in [4.78, 5) is 35.9. The van der Waals surface area contributed by atoms with Crippen molar-refractivity contribution in [1.82, 2.24) is 0 Å². The number of anilines is 1. The largest absolute Gasteiger partial charge is 0.506 e. The summed E-state index contributed by atoms with van der Waals surface area (Å²) in [6, 6.07) is 5.93. The first-order valence-corrected chi connectivity index (χ1v) is 7.88. The molecule has 1 aliphatic heterocycles. The molecular weight excluding hydrogens is 342 g/mol. The molecule has 8 nitrogen and oxygen atoms in total. The van der Waals surface area contributed by atoms with Gasteiger partial charge in [-0.2, -0.15) is 0 Å². The Balaban J connectivity index is 2.28. The molecule has 0 spiro atoms. The molecule has 1 aliphatic rings. The Hall–Kier alpha value is -3.03. The summed E-state index contributed by atoms with van der Waals surface area (Å²) in [7, 11) is 0. The Morgan fingerprint density at radius 3 is 2.27 bits per heavy atom. The summed E-state index contributed by atoms with van der Waals surface area (Å²) in [6.45, 7) is 7.98. The molecular formula is C18H21NO7. The molecule has 0 saturated carbocycles. The lowest BCUT2D eigenvalue weighted by Gasteiger charge is -2.30. The highest BCUT2D eigenvalue weighted by atomic mass is 16.7. The van der Waals surface area contributed by atoms with Crippen LogP contribution in [0.4, 0.5) is 10.5 Å². The minimum atomic E-state index is -1.40. The predicted molar refractivity (Wildman–Crippen MR) is 92.1 cm³/mol. The minimum Gasteiger partial charge on any atom is -0.506 e. The van der Waals surface area contributed by atoms with Crippen LogP contribution in [0, 0.1) is 0 Å². The molecule has 2 rings (SSSR count).